The molecule has 2 aromatic rings. The molecule has 1 heterocycles. The highest BCUT2D eigenvalue weighted by Gasteiger charge is 1.94. The van der Waals surface area contributed by atoms with E-state index >= 15 is 0 Å². The molecule has 1 aromatic carbocycles. The lowest BCUT2D eigenvalue weighted by Crippen LogP contribution is -1.96. The van der Waals surface area contributed by atoms with Gasteiger partial charge in [0.1, 0.15) is 6.61 Å². The van der Waals surface area contributed by atoms with Crippen molar-refractivity contribution in [2.24, 2.45) is 0 Å². The van der Waals surface area contributed by atoms with Gasteiger partial charge in [-0.25, -0.2) is 4.98 Å². The molecule has 0 aliphatic carbocycles. The third-order valence-corrected chi connectivity index (χ3v) is 1.77. The molecular weight excluding hydrogens is 176 g/mol. The van der Waals surface area contributed by atoms with E-state index in [0.29, 0.717) is 12.5 Å². The van der Waals surface area contributed by atoms with Gasteiger partial charge in [0.05, 0.1) is 6.20 Å². The first kappa shape index (κ1) is 8.69. The summed E-state index contributed by atoms with van der Waals surface area (Å²) >= 11 is 0. The summed E-state index contributed by atoms with van der Waals surface area (Å²) in [6, 6.07) is 9.96. The minimum atomic E-state index is 0.527. The van der Waals surface area contributed by atoms with E-state index in [2.05, 4.69) is 9.97 Å². The number of aromatic nitrogens is 2. The molecule has 0 fully saturated rings. The number of rotatable bonds is 3. The van der Waals surface area contributed by atoms with Gasteiger partial charge in [0.25, 0.3) is 0 Å². The normalized spacial score (nSPS) is 9.71. The van der Waals surface area contributed by atoms with Crippen molar-refractivity contribution in [2.75, 3.05) is 0 Å². The SMILES string of the molecule is c1ccc(COc2cnccn2)cc1. The lowest BCUT2D eigenvalue weighted by atomic mass is 10.2. The van der Waals surface area contributed by atoms with Gasteiger partial charge < -0.3 is 4.74 Å². The van der Waals surface area contributed by atoms with Crippen LogP contribution in [0.4, 0.5) is 0 Å². The first-order valence-corrected chi connectivity index (χ1v) is 4.38. The molecule has 0 aliphatic rings. The maximum Gasteiger partial charge on any atom is 0.232 e. The van der Waals surface area contributed by atoms with E-state index in [1.54, 1.807) is 18.6 Å². The maximum absolute atomic E-state index is 5.42. The Hall–Kier alpha value is -1.90. The van der Waals surface area contributed by atoms with Gasteiger partial charge >= 0.3 is 0 Å². The summed E-state index contributed by atoms with van der Waals surface area (Å²) in [4.78, 5) is 7.92. The van der Waals surface area contributed by atoms with Gasteiger partial charge in [-0.1, -0.05) is 30.3 Å². The summed E-state index contributed by atoms with van der Waals surface area (Å²) in [6.07, 6.45) is 4.83. The average molecular weight is 186 g/mol. The summed E-state index contributed by atoms with van der Waals surface area (Å²) in [5, 5.41) is 0. The van der Waals surface area contributed by atoms with Crippen LogP contribution in [-0.2, 0) is 6.61 Å². The molecule has 0 saturated carbocycles. The molecule has 0 unspecified atom stereocenters. The Kier molecular flexibility index (Phi) is 2.71. The third kappa shape index (κ3) is 2.29. The summed E-state index contributed by atoms with van der Waals surface area (Å²) in [6.45, 7) is 0.527. The van der Waals surface area contributed by atoms with Crippen LogP contribution >= 0.6 is 0 Å². The topological polar surface area (TPSA) is 35.0 Å². The lowest BCUT2D eigenvalue weighted by Gasteiger charge is -2.03. The fraction of sp³-hybridized carbons (Fsp3) is 0.0909. The van der Waals surface area contributed by atoms with E-state index in [-0.39, 0.29) is 0 Å². The molecule has 1 aromatic heterocycles. The molecule has 0 saturated heterocycles. The van der Waals surface area contributed by atoms with Crippen molar-refractivity contribution >= 4 is 0 Å². The predicted molar refractivity (Wildman–Crippen MR) is 52.8 cm³/mol. The Morgan fingerprint density at radius 3 is 2.64 bits per heavy atom. The molecule has 0 atom stereocenters. The zero-order valence-corrected chi connectivity index (χ0v) is 7.63. The molecule has 2 rings (SSSR count). The van der Waals surface area contributed by atoms with Crippen LogP contribution in [-0.4, -0.2) is 9.97 Å². The van der Waals surface area contributed by atoms with Gasteiger partial charge in [-0.3, -0.25) is 4.98 Å². The molecule has 0 spiro atoms. The molecule has 3 heteroatoms. The Balaban J connectivity index is 1.96. The minimum Gasteiger partial charge on any atom is -0.472 e. The molecule has 0 N–H and O–H groups in total. The van der Waals surface area contributed by atoms with Crippen LogP contribution in [0.2, 0.25) is 0 Å². The highest BCUT2D eigenvalue weighted by atomic mass is 16.5. The fourth-order valence-electron chi connectivity index (χ4n) is 1.09. The second kappa shape index (κ2) is 4.37. The van der Waals surface area contributed by atoms with Crippen LogP contribution in [0, 0.1) is 0 Å². The molecule has 0 bridgehead atoms. The Morgan fingerprint density at radius 1 is 1.07 bits per heavy atom. The third-order valence-electron chi connectivity index (χ3n) is 1.77. The second-order valence-electron chi connectivity index (χ2n) is 2.82. The van der Waals surface area contributed by atoms with Gasteiger partial charge in [0.2, 0.25) is 5.88 Å². The number of hydrogen-bond donors (Lipinski definition) is 0. The zero-order chi connectivity index (χ0) is 9.64. The summed E-state index contributed by atoms with van der Waals surface area (Å²) in [5.41, 5.74) is 1.12. The summed E-state index contributed by atoms with van der Waals surface area (Å²) in [7, 11) is 0. The van der Waals surface area contributed by atoms with Gasteiger partial charge in [0, 0.05) is 12.4 Å². The van der Waals surface area contributed by atoms with E-state index in [4.69, 9.17) is 4.74 Å². The molecule has 0 amide bonds. The fourth-order valence-corrected chi connectivity index (χ4v) is 1.09. The van der Waals surface area contributed by atoms with Crippen LogP contribution in [0.3, 0.4) is 0 Å². The average Bonchev–Trinajstić information content (AvgIpc) is 2.29. The van der Waals surface area contributed by atoms with Crippen LogP contribution in [0.25, 0.3) is 0 Å². The Bertz CT molecular complexity index is 336. The predicted octanol–water partition coefficient (Wildman–Crippen LogP) is 2.06. The molecule has 0 radical (unpaired) electrons. The number of benzene rings is 1. The number of hydrogen-bond acceptors (Lipinski definition) is 3. The van der Waals surface area contributed by atoms with Crippen LogP contribution < -0.4 is 4.74 Å². The molecule has 0 aliphatic heterocycles. The van der Waals surface area contributed by atoms with Crippen molar-refractivity contribution in [2.45, 2.75) is 6.61 Å². The van der Waals surface area contributed by atoms with E-state index in [0.717, 1.165) is 5.56 Å². The van der Waals surface area contributed by atoms with E-state index in [1.807, 2.05) is 30.3 Å². The first-order chi connectivity index (χ1) is 6.95. The first-order valence-electron chi connectivity index (χ1n) is 4.38. The monoisotopic (exact) mass is 186 g/mol. The minimum absolute atomic E-state index is 0.527. The lowest BCUT2D eigenvalue weighted by molar-refractivity contribution is 0.292. The molecular formula is C11H10N2O. The molecule has 3 nitrogen and oxygen atoms in total. The highest BCUT2D eigenvalue weighted by Crippen LogP contribution is 2.06. The van der Waals surface area contributed by atoms with Crippen molar-refractivity contribution in [3.63, 3.8) is 0 Å². The number of nitrogens with zero attached hydrogens (tertiary/aromatic N) is 2. The van der Waals surface area contributed by atoms with Crippen molar-refractivity contribution in [1.82, 2.24) is 9.97 Å². The van der Waals surface area contributed by atoms with E-state index in [9.17, 15) is 0 Å². The van der Waals surface area contributed by atoms with Crippen molar-refractivity contribution in [1.29, 1.82) is 0 Å². The highest BCUT2D eigenvalue weighted by molar-refractivity contribution is 5.14. The second-order valence-corrected chi connectivity index (χ2v) is 2.82. The maximum atomic E-state index is 5.42. The Labute approximate surface area is 82.4 Å². The van der Waals surface area contributed by atoms with Crippen molar-refractivity contribution < 1.29 is 4.74 Å². The quantitative estimate of drug-likeness (QED) is 0.735. The van der Waals surface area contributed by atoms with Crippen molar-refractivity contribution in [3.8, 4) is 5.88 Å². The van der Waals surface area contributed by atoms with E-state index < -0.39 is 0 Å². The smallest absolute Gasteiger partial charge is 0.232 e. The van der Waals surface area contributed by atoms with Gasteiger partial charge in [0.15, 0.2) is 0 Å². The van der Waals surface area contributed by atoms with Crippen molar-refractivity contribution in [3.05, 3.63) is 54.5 Å². The summed E-state index contributed by atoms with van der Waals surface area (Å²) < 4.78 is 5.42. The van der Waals surface area contributed by atoms with Gasteiger partial charge in [-0.05, 0) is 5.56 Å². The Morgan fingerprint density at radius 2 is 1.93 bits per heavy atom. The van der Waals surface area contributed by atoms with E-state index in [1.165, 1.54) is 0 Å². The number of ether oxygens (including phenoxy) is 1. The zero-order valence-electron chi connectivity index (χ0n) is 7.63. The van der Waals surface area contributed by atoms with Gasteiger partial charge in [-0.15, -0.1) is 0 Å². The van der Waals surface area contributed by atoms with Crippen LogP contribution in [0.1, 0.15) is 5.56 Å². The largest absolute Gasteiger partial charge is 0.472 e. The summed E-state index contributed by atoms with van der Waals surface area (Å²) in [5.74, 6) is 0.552. The van der Waals surface area contributed by atoms with Crippen LogP contribution in [0.5, 0.6) is 5.88 Å². The van der Waals surface area contributed by atoms with Gasteiger partial charge in [-0.2, -0.15) is 0 Å². The van der Waals surface area contributed by atoms with Crippen LogP contribution in [0.15, 0.2) is 48.9 Å². The molecule has 70 valence electrons. The molecule has 14 heavy (non-hydrogen) atoms. The standard InChI is InChI=1S/C11H10N2O/c1-2-4-10(5-3-1)9-14-11-8-12-6-7-13-11/h1-8H,9H2.